The van der Waals surface area contributed by atoms with Crippen molar-refractivity contribution in [1.82, 2.24) is 25.0 Å². The summed E-state index contributed by atoms with van der Waals surface area (Å²) in [5, 5.41) is 14.5. The Bertz CT molecular complexity index is 1200. The molecule has 3 rings (SSSR count). The lowest BCUT2D eigenvalue weighted by Gasteiger charge is -2.16. The number of carbonyl (C=O) groups is 2. The van der Waals surface area contributed by atoms with Gasteiger partial charge in [0.1, 0.15) is 6.33 Å². The smallest absolute Gasteiger partial charge is 0.475 e. The summed E-state index contributed by atoms with van der Waals surface area (Å²) in [5.74, 6) is -2.72. The van der Waals surface area contributed by atoms with E-state index in [4.69, 9.17) is 9.90 Å². The Kier molecular flexibility index (Phi) is 9.07. The minimum atomic E-state index is -5.08. The summed E-state index contributed by atoms with van der Waals surface area (Å²) >= 11 is 0. The van der Waals surface area contributed by atoms with E-state index in [-0.39, 0.29) is 24.4 Å². The van der Waals surface area contributed by atoms with Crippen LogP contribution < -0.4 is 9.62 Å². The van der Waals surface area contributed by atoms with Gasteiger partial charge < -0.3 is 15.3 Å². The molecule has 0 radical (unpaired) electrons. The van der Waals surface area contributed by atoms with Crippen molar-refractivity contribution >= 4 is 27.6 Å². The average molecular weight is 535 g/mol. The van der Waals surface area contributed by atoms with Crippen LogP contribution in [0.2, 0.25) is 0 Å². The molecular formula is C21H29F3N6O5S. The molecule has 0 bridgehead atoms. The lowest BCUT2D eigenvalue weighted by molar-refractivity contribution is -0.192. The van der Waals surface area contributed by atoms with E-state index in [1.54, 1.807) is 29.2 Å². The van der Waals surface area contributed by atoms with Gasteiger partial charge in [0, 0.05) is 31.2 Å². The number of hydrogen-bond acceptors (Lipinski definition) is 7. The quantitative estimate of drug-likeness (QED) is 0.548. The number of carboxylic acids is 1. The zero-order valence-electron chi connectivity index (χ0n) is 20.4. The summed E-state index contributed by atoms with van der Waals surface area (Å²) in [6.07, 6.45) is -2.25. The van der Waals surface area contributed by atoms with Gasteiger partial charge >= 0.3 is 12.1 Å². The third-order valence-corrected chi connectivity index (χ3v) is 6.28. The monoisotopic (exact) mass is 534 g/mol. The first kappa shape index (κ1) is 29.0. The maximum atomic E-state index is 12.5. The first-order valence-corrected chi connectivity index (χ1v) is 12.6. The van der Waals surface area contributed by atoms with Crippen LogP contribution in [0.15, 0.2) is 24.5 Å². The van der Waals surface area contributed by atoms with E-state index in [0.717, 1.165) is 12.1 Å². The number of aromatic nitrogens is 3. The highest BCUT2D eigenvalue weighted by Crippen LogP contribution is 2.40. The van der Waals surface area contributed by atoms with Crippen molar-refractivity contribution < 1.29 is 36.3 Å². The van der Waals surface area contributed by atoms with Gasteiger partial charge in [-0.3, -0.25) is 13.8 Å². The number of fused-ring (bicyclic) bond motifs is 1. The van der Waals surface area contributed by atoms with Crippen LogP contribution in [0.3, 0.4) is 0 Å². The van der Waals surface area contributed by atoms with Gasteiger partial charge in [0.05, 0.1) is 17.9 Å². The molecule has 0 aliphatic carbocycles. The number of nitrogens with one attached hydrogen (secondary N) is 1. The topological polar surface area (TPSA) is 138 Å². The fraction of sp³-hybridized carbons (Fsp3) is 0.524. The normalized spacial score (nSPS) is 15.5. The van der Waals surface area contributed by atoms with Crippen LogP contribution in [0.4, 0.5) is 18.9 Å². The average Bonchev–Trinajstić information content (AvgIpc) is 3.37. The van der Waals surface area contributed by atoms with Crippen LogP contribution >= 0.6 is 0 Å². The number of rotatable bonds is 7. The van der Waals surface area contributed by atoms with E-state index in [1.165, 1.54) is 10.6 Å². The summed E-state index contributed by atoms with van der Waals surface area (Å²) in [5.41, 5.74) is 1.81. The van der Waals surface area contributed by atoms with Crippen molar-refractivity contribution in [1.29, 1.82) is 0 Å². The molecule has 15 heteroatoms. The molecule has 2 heterocycles. The molecule has 11 nitrogen and oxygen atoms in total. The van der Waals surface area contributed by atoms with Crippen molar-refractivity contribution in [3.8, 4) is 0 Å². The zero-order chi connectivity index (χ0) is 27.4. The van der Waals surface area contributed by atoms with Gasteiger partial charge in [-0.05, 0) is 51.7 Å². The Labute approximate surface area is 207 Å². The van der Waals surface area contributed by atoms with Gasteiger partial charge in [0.15, 0.2) is 5.82 Å². The predicted octanol–water partition coefficient (Wildman–Crippen LogP) is 1.70. The molecule has 0 spiro atoms. The lowest BCUT2D eigenvalue weighted by Crippen LogP contribution is -2.31. The Balaban J connectivity index is 0.000000572. The van der Waals surface area contributed by atoms with Crippen molar-refractivity contribution in [3.05, 3.63) is 41.5 Å². The van der Waals surface area contributed by atoms with Crippen LogP contribution in [0.5, 0.6) is 0 Å². The highest BCUT2D eigenvalue weighted by Gasteiger charge is 2.38. The number of alkyl halides is 3. The number of nitrogens with zero attached hydrogens (tertiary/aromatic N) is 5. The summed E-state index contributed by atoms with van der Waals surface area (Å²) in [7, 11) is 0.421. The first-order chi connectivity index (χ1) is 16.5. The standard InChI is InChI=1S/C19H28N6O3S.C2HF3O2/c1-13(2)24-12-21-18(22-24)16-11-25(29(5,27)28)17-7-6-14(10-15(16)17)19(26)20-8-9-23(3)4;3-2(4,5)1(6)7/h6-7,10,12-13,16H,8-9,11H2,1-5H3,(H,20,26);(H,6,7). The molecule has 36 heavy (non-hydrogen) atoms. The summed E-state index contributed by atoms with van der Waals surface area (Å²) in [6, 6.07) is 5.25. The molecule has 1 aliphatic rings. The molecule has 200 valence electrons. The van der Waals surface area contributed by atoms with Gasteiger partial charge in [-0.1, -0.05) is 0 Å². The lowest BCUT2D eigenvalue weighted by atomic mass is 9.98. The summed E-state index contributed by atoms with van der Waals surface area (Å²) < 4.78 is 59.5. The molecule has 1 unspecified atom stereocenters. The van der Waals surface area contributed by atoms with Crippen molar-refractivity contribution in [2.45, 2.75) is 32.0 Å². The van der Waals surface area contributed by atoms with Gasteiger partial charge in [-0.25, -0.2) is 18.2 Å². The summed E-state index contributed by atoms with van der Waals surface area (Å²) in [4.78, 5) is 27.8. The number of halogens is 3. The van der Waals surface area contributed by atoms with Gasteiger partial charge in [-0.2, -0.15) is 18.3 Å². The third kappa shape index (κ3) is 7.40. The molecule has 1 aromatic heterocycles. The molecule has 2 N–H and O–H groups in total. The van der Waals surface area contributed by atoms with E-state index >= 15 is 0 Å². The van der Waals surface area contributed by atoms with Gasteiger partial charge in [0.25, 0.3) is 5.91 Å². The predicted molar refractivity (Wildman–Crippen MR) is 125 cm³/mol. The number of carbonyl (C=O) groups excluding carboxylic acids is 1. The Morgan fingerprint density at radius 3 is 2.36 bits per heavy atom. The highest BCUT2D eigenvalue weighted by atomic mass is 32.2. The van der Waals surface area contributed by atoms with Crippen LogP contribution in [0.1, 0.15) is 47.6 Å². The molecule has 0 fully saturated rings. The number of amides is 1. The first-order valence-electron chi connectivity index (χ1n) is 10.8. The van der Waals surface area contributed by atoms with Crippen LogP contribution in [0, 0.1) is 0 Å². The molecule has 2 aromatic rings. The summed E-state index contributed by atoms with van der Waals surface area (Å²) in [6.45, 7) is 5.49. The number of carboxylic acid groups (broad SMARTS) is 1. The largest absolute Gasteiger partial charge is 0.490 e. The number of likely N-dealkylation sites (N-methyl/N-ethyl adjacent to an activating group) is 1. The highest BCUT2D eigenvalue weighted by molar-refractivity contribution is 7.92. The third-order valence-electron chi connectivity index (χ3n) is 5.14. The molecule has 0 saturated heterocycles. The molecule has 1 atom stereocenters. The Morgan fingerprint density at radius 1 is 1.28 bits per heavy atom. The second-order valence-electron chi connectivity index (χ2n) is 8.66. The van der Waals surface area contributed by atoms with E-state index in [0.29, 0.717) is 23.6 Å². The number of hydrogen-bond donors (Lipinski definition) is 2. The number of anilines is 1. The van der Waals surface area contributed by atoms with Crippen LogP contribution in [-0.4, -0.2) is 91.2 Å². The van der Waals surface area contributed by atoms with Gasteiger partial charge in [0.2, 0.25) is 10.0 Å². The molecule has 0 saturated carbocycles. The van der Waals surface area contributed by atoms with Crippen molar-refractivity contribution in [2.24, 2.45) is 0 Å². The fourth-order valence-electron chi connectivity index (χ4n) is 3.29. The second kappa shape index (κ2) is 11.2. The minimum Gasteiger partial charge on any atom is -0.475 e. The van der Waals surface area contributed by atoms with Crippen LogP contribution in [-0.2, 0) is 14.8 Å². The van der Waals surface area contributed by atoms with E-state index in [2.05, 4.69) is 15.4 Å². The Morgan fingerprint density at radius 2 is 1.89 bits per heavy atom. The Hall–Kier alpha value is -3.20. The van der Waals surface area contributed by atoms with Gasteiger partial charge in [-0.15, -0.1) is 0 Å². The molecule has 1 aromatic carbocycles. The van der Waals surface area contributed by atoms with E-state index < -0.39 is 22.2 Å². The SMILES string of the molecule is CC(C)n1cnc(C2CN(S(C)(=O)=O)c3ccc(C(=O)NCCN(C)C)cc32)n1.O=C(O)C(F)(F)F. The molecule has 1 aliphatic heterocycles. The molecular weight excluding hydrogens is 505 g/mol. The number of benzene rings is 1. The van der Waals surface area contributed by atoms with E-state index in [1.807, 2.05) is 32.8 Å². The maximum absolute atomic E-state index is 12.5. The second-order valence-corrected chi connectivity index (χ2v) is 10.6. The van der Waals surface area contributed by atoms with Crippen molar-refractivity contribution in [3.63, 3.8) is 0 Å². The minimum absolute atomic E-state index is 0.150. The number of sulfonamides is 1. The molecule has 1 amide bonds. The fourth-order valence-corrected chi connectivity index (χ4v) is 4.23. The van der Waals surface area contributed by atoms with E-state index in [9.17, 15) is 26.4 Å². The van der Waals surface area contributed by atoms with Crippen LogP contribution in [0.25, 0.3) is 0 Å². The maximum Gasteiger partial charge on any atom is 0.490 e. The number of aliphatic carboxylic acids is 1. The van der Waals surface area contributed by atoms with Crippen molar-refractivity contribution in [2.75, 3.05) is 44.3 Å². The zero-order valence-corrected chi connectivity index (χ0v) is 21.3.